The molecule has 1 aromatic carbocycles. The van der Waals surface area contributed by atoms with Crippen molar-refractivity contribution >= 4 is 40.1 Å². The summed E-state index contributed by atoms with van der Waals surface area (Å²) in [6.07, 6.45) is 6.98. The van der Waals surface area contributed by atoms with Crippen molar-refractivity contribution in [3.8, 4) is 11.3 Å². The Kier molecular flexibility index (Phi) is 7.96. The number of carbonyl (C=O) groups is 3. The minimum atomic E-state index is -0.956. The molecule has 4 rings (SSSR count). The van der Waals surface area contributed by atoms with E-state index in [1.165, 1.54) is 25.4 Å². The van der Waals surface area contributed by atoms with Crippen molar-refractivity contribution in [3.05, 3.63) is 59.0 Å². The fourth-order valence-electron chi connectivity index (χ4n) is 3.87. The molecule has 0 aliphatic carbocycles. The minimum Gasteiger partial charge on any atom is -0.382 e. The summed E-state index contributed by atoms with van der Waals surface area (Å²) in [4.78, 5) is 46.5. The molecule has 11 heteroatoms. The molecular weight excluding hydrogens is 494 g/mol. The number of ketones is 1. The normalized spacial score (nSPS) is 15.2. The summed E-state index contributed by atoms with van der Waals surface area (Å²) < 4.78 is 12.3. The Morgan fingerprint density at radius 1 is 1.32 bits per heavy atom. The molecule has 1 atom stereocenters. The van der Waals surface area contributed by atoms with Gasteiger partial charge in [-0.1, -0.05) is 24.3 Å². The predicted octanol–water partition coefficient (Wildman–Crippen LogP) is 3.37. The average Bonchev–Trinajstić information content (AvgIpc) is 3.53. The van der Waals surface area contributed by atoms with Gasteiger partial charge in [-0.2, -0.15) is 0 Å². The number of aromatic nitrogens is 3. The van der Waals surface area contributed by atoms with Crippen molar-refractivity contribution in [2.24, 2.45) is 0 Å². The molecule has 194 valence electrons. The Bertz CT molecular complexity index is 1340. The lowest BCUT2D eigenvalue weighted by Gasteiger charge is -2.39. The van der Waals surface area contributed by atoms with E-state index in [0.29, 0.717) is 29.6 Å². The topological polar surface area (TPSA) is 124 Å². The van der Waals surface area contributed by atoms with Gasteiger partial charge in [0.1, 0.15) is 11.7 Å². The smallest absolute Gasteiger partial charge is 0.272 e. The van der Waals surface area contributed by atoms with Crippen molar-refractivity contribution < 1.29 is 23.9 Å². The number of carbonyl (C=O) groups excluding carboxylic acids is 3. The molecule has 0 radical (unpaired) electrons. The van der Waals surface area contributed by atoms with Crippen LogP contribution in [0.4, 0.5) is 5.13 Å². The van der Waals surface area contributed by atoms with E-state index in [9.17, 15) is 14.4 Å². The molecule has 3 heterocycles. The zero-order chi connectivity index (χ0) is 26.6. The van der Waals surface area contributed by atoms with E-state index in [0.717, 1.165) is 11.1 Å². The van der Waals surface area contributed by atoms with Gasteiger partial charge in [-0.05, 0) is 32.4 Å². The highest BCUT2D eigenvalue weighted by Crippen LogP contribution is 2.28. The van der Waals surface area contributed by atoms with Crippen molar-refractivity contribution in [1.82, 2.24) is 19.9 Å². The van der Waals surface area contributed by atoms with E-state index in [-0.39, 0.29) is 23.6 Å². The average molecular weight is 524 g/mol. The molecule has 1 unspecified atom stereocenters. The first-order valence-corrected chi connectivity index (χ1v) is 12.6. The van der Waals surface area contributed by atoms with Crippen LogP contribution < -0.4 is 10.6 Å². The van der Waals surface area contributed by atoms with Gasteiger partial charge in [-0.3, -0.25) is 14.4 Å². The number of nitrogens with zero attached hydrogens (tertiary/aromatic N) is 3. The molecule has 2 aromatic heterocycles. The SMILES string of the molecule is C/C=C\c1ccc(-c2csc(NC(=O)C(COC)NC(=O)c3cn(C4(C)COC4)cn3)n2)cc1C(C)=O. The minimum absolute atomic E-state index is 0.0313. The number of imidazole rings is 1. The number of methoxy groups -OCH3 is 1. The number of benzene rings is 1. The number of rotatable bonds is 10. The number of anilines is 1. The van der Waals surface area contributed by atoms with Crippen LogP contribution in [0.1, 0.15) is 47.2 Å². The third kappa shape index (κ3) is 5.85. The summed E-state index contributed by atoms with van der Waals surface area (Å²) >= 11 is 1.24. The number of allylic oxidation sites excluding steroid dienone is 1. The molecule has 1 fully saturated rings. The number of amides is 2. The summed E-state index contributed by atoms with van der Waals surface area (Å²) in [6, 6.07) is 4.59. The Hall–Kier alpha value is -3.67. The first-order valence-electron chi connectivity index (χ1n) is 11.7. The third-order valence-electron chi connectivity index (χ3n) is 6.03. The Balaban J connectivity index is 1.44. The van der Waals surface area contributed by atoms with E-state index < -0.39 is 17.9 Å². The zero-order valence-corrected chi connectivity index (χ0v) is 21.9. The monoisotopic (exact) mass is 523 g/mol. The maximum absolute atomic E-state index is 13.0. The first-order chi connectivity index (χ1) is 17.7. The Morgan fingerprint density at radius 3 is 2.76 bits per heavy atom. The number of hydrogen-bond acceptors (Lipinski definition) is 8. The van der Waals surface area contributed by atoms with Crippen LogP contribution >= 0.6 is 11.3 Å². The van der Waals surface area contributed by atoms with Gasteiger partial charge in [-0.15, -0.1) is 11.3 Å². The lowest BCUT2D eigenvalue weighted by molar-refractivity contribution is -0.119. The standard InChI is InChI=1S/C26H29N5O5S/c1-5-6-17-7-8-18(9-19(17)16(2)32)22-12-37-25(29-22)30-24(34)21(11-35-4)28-23(33)20-10-31(15-27-20)26(3)13-36-14-26/h5-10,12,15,21H,11,13-14H2,1-4H3,(H,28,33)(H,29,30,34)/b6-5-. The molecule has 0 spiro atoms. The Morgan fingerprint density at radius 2 is 2.11 bits per heavy atom. The second kappa shape index (κ2) is 11.2. The van der Waals surface area contributed by atoms with Crippen LogP contribution in [0.3, 0.4) is 0 Å². The molecule has 1 aliphatic heterocycles. The molecule has 3 aromatic rings. The molecule has 10 nitrogen and oxygen atoms in total. The van der Waals surface area contributed by atoms with E-state index in [2.05, 4.69) is 20.6 Å². The van der Waals surface area contributed by atoms with Gasteiger partial charge in [0, 0.05) is 29.8 Å². The van der Waals surface area contributed by atoms with Crippen molar-refractivity contribution in [2.75, 3.05) is 32.2 Å². The van der Waals surface area contributed by atoms with E-state index >= 15 is 0 Å². The lowest BCUT2D eigenvalue weighted by Crippen LogP contribution is -2.48. The van der Waals surface area contributed by atoms with Crippen molar-refractivity contribution in [1.29, 1.82) is 0 Å². The largest absolute Gasteiger partial charge is 0.382 e. The Labute approximate surface area is 218 Å². The highest BCUT2D eigenvalue weighted by Gasteiger charge is 2.35. The van der Waals surface area contributed by atoms with Crippen LogP contribution in [0.15, 0.2) is 42.2 Å². The molecule has 2 amide bonds. The number of Topliss-reactive ketones (excluding diaryl/α,β-unsaturated/α-hetero) is 1. The van der Waals surface area contributed by atoms with Crippen molar-refractivity contribution in [2.45, 2.75) is 32.4 Å². The first kappa shape index (κ1) is 26.4. The van der Waals surface area contributed by atoms with E-state index in [1.54, 1.807) is 24.0 Å². The van der Waals surface area contributed by atoms with Gasteiger partial charge in [0.25, 0.3) is 11.8 Å². The summed E-state index contributed by atoms with van der Waals surface area (Å²) in [5.41, 5.74) is 2.79. The van der Waals surface area contributed by atoms with Crippen LogP contribution in [0.2, 0.25) is 0 Å². The summed E-state index contributed by atoms with van der Waals surface area (Å²) in [6.45, 7) is 6.49. The highest BCUT2D eigenvalue weighted by molar-refractivity contribution is 7.14. The number of hydrogen-bond donors (Lipinski definition) is 2. The summed E-state index contributed by atoms with van der Waals surface area (Å²) in [5, 5.41) is 7.58. The lowest BCUT2D eigenvalue weighted by atomic mass is 9.99. The fourth-order valence-corrected chi connectivity index (χ4v) is 4.59. The van der Waals surface area contributed by atoms with Crippen LogP contribution in [-0.4, -0.2) is 65.1 Å². The second-order valence-corrected chi connectivity index (χ2v) is 9.88. The van der Waals surface area contributed by atoms with E-state index in [1.807, 2.05) is 42.7 Å². The van der Waals surface area contributed by atoms with Gasteiger partial charge in [0.15, 0.2) is 10.9 Å². The predicted molar refractivity (Wildman–Crippen MR) is 141 cm³/mol. The van der Waals surface area contributed by atoms with Gasteiger partial charge in [0.2, 0.25) is 0 Å². The highest BCUT2D eigenvalue weighted by atomic mass is 32.1. The van der Waals surface area contributed by atoms with Crippen LogP contribution in [-0.2, 0) is 19.8 Å². The molecule has 2 N–H and O–H groups in total. The maximum atomic E-state index is 13.0. The quantitative estimate of drug-likeness (QED) is 0.391. The number of thiazole rings is 1. The van der Waals surface area contributed by atoms with Gasteiger partial charge in [0.05, 0.1) is 37.4 Å². The number of ether oxygens (including phenoxy) is 2. The van der Waals surface area contributed by atoms with Gasteiger partial charge < -0.3 is 24.7 Å². The van der Waals surface area contributed by atoms with Crippen molar-refractivity contribution in [3.63, 3.8) is 0 Å². The molecule has 37 heavy (non-hydrogen) atoms. The number of nitrogens with one attached hydrogen (secondary N) is 2. The summed E-state index contributed by atoms with van der Waals surface area (Å²) in [5.74, 6) is -1.00. The zero-order valence-electron chi connectivity index (χ0n) is 21.1. The fraction of sp³-hybridized carbons (Fsp3) is 0.346. The van der Waals surface area contributed by atoms with Gasteiger partial charge >= 0.3 is 0 Å². The molecule has 0 bridgehead atoms. The molecule has 1 aliphatic rings. The maximum Gasteiger partial charge on any atom is 0.272 e. The van der Waals surface area contributed by atoms with Gasteiger partial charge in [-0.25, -0.2) is 9.97 Å². The second-order valence-electron chi connectivity index (χ2n) is 9.02. The van der Waals surface area contributed by atoms with Crippen LogP contribution in [0, 0.1) is 0 Å². The molecule has 1 saturated heterocycles. The third-order valence-corrected chi connectivity index (χ3v) is 6.79. The van der Waals surface area contributed by atoms with E-state index in [4.69, 9.17) is 9.47 Å². The molecular formula is C26H29N5O5S. The van der Waals surface area contributed by atoms with Crippen LogP contribution in [0.25, 0.3) is 17.3 Å². The molecule has 0 saturated carbocycles. The summed E-state index contributed by atoms with van der Waals surface area (Å²) in [7, 11) is 1.45. The van der Waals surface area contributed by atoms with Crippen LogP contribution in [0.5, 0.6) is 0 Å².